The van der Waals surface area contributed by atoms with Crippen LogP contribution in [0.15, 0.2) is 42.5 Å². The van der Waals surface area contributed by atoms with E-state index in [0.29, 0.717) is 29.6 Å². The first-order valence-corrected chi connectivity index (χ1v) is 9.56. The van der Waals surface area contributed by atoms with E-state index in [2.05, 4.69) is 10.2 Å². The third kappa shape index (κ3) is 5.45. The molecule has 0 spiro atoms. The molecule has 0 aliphatic carbocycles. The smallest absolute Gasteiger partial charge is 0.238 e. The lowest BCUT2D eigenvalue weighted by molar-refractivity contribution is -0.117. The second-order valence-electron chi connectivity index (χ2n) is 7.17. The maximum Gasteiger partial charge on any atom is 0.238 e. The largest absolute Gasteiger partial charge is 0.493 e. The average Bonchev–Trinajstić information content (AvgIpc) is 2.69. The number of ether oxygens (including phenoxy) is 2. The molecule has 6 heteroatoms. The van der Waals surface area contributed by atoms with Crippen molar-refractivity contribution in [1.82, 2.24) is 4.90 Å². The number of amides is 1. The van der Waals surface area contributed by atoms with Crippen molar-refractivity contribution < 1.29 is 18.7 Å². The molecule has 1 amide bonds. The normalized spacial score (nSPS) is 15.2. The summed E-state index contributed by atoms with van der Waals surface area (Å²) < 4.78 is 23.8. The number of likely N-dealkylation sites (tertiary alicyclic amines) is 1. The first kappa shape index (κ1) is 20.1. The van der Waals surface area contributed by atoms with Crippen LogP contribution in [0.4, 0.5) is 10.1 Å². The minimum absolute atomic E-state index is 0.0456. The van der Waals surface area contributed by atoms with E-state index in [9.17, 15) is 9.18 Å². The summed E-state index contributed by atoms with van der Waals surface area (Å²) in [5.74, 6) is 1.52. The van der Waals surface area contributed by atoms with Crippen molar-refractivity contribution in [3.63, 3.8) is 0 Å². The molecule has 0 aromatic heterocycles. The molecule has 0 atom stereocenters. The molecule has 5 nitrogen and oxygen atoms in total. The maximum atomic E-state index is 13.3. The second kappa shape index (κ2) is 9.55. The number of carbonyl (C=O) groups excluding carboxylic acids is 1. The summed E-state index contributed by atoms with van der Waals surface area (Å²) in [5.41, 5.74) is 1.73. The Morgan fingerprint density at radius 3 is 2.54 bits per heavy atom. The van der Waals surface area contributed by atoms with Crippen molar-refractivity contribution in [2.24, 2.45) is 5.92 Å². The highest BCUT2D eigenvalue weighted by molar-refractivity contribution is 5.92. The Morgan fingerprint density at radius 1 is 1.11 bits per heavy atom. The molecule has 1 N–H and O–H groups in total. The van der Waals surface area contributed by atoms with E-state index in [1.807, 2.05) is 6.07 Å². The molecule has 0 radical (unpaired) electrons. The Hall–Kier alpha value is -2.60. The Labute approximate surface area is 165 Å². The molecule has 150 valence electrons. The van der Waals surface area contributed by atoms with E-state index in [4.69, 9.17) is 9.47 Å². The highest BCUT2D eigenvalue weighted by Crippen LogP contribution is 2.29. The van der Waals surface area contributed by atoms with Crippen molar-refractivity contribution in [2.45, 2.75) is 19.3 Å². The van der Waals surface area contributed by atoms with Crippen LogP contribution in [0.5, 0.6) is 11.5 Å². The second-order valence-corrected chi connectivity index (χ2v) is 7.17. The van der Waals surface area contributed by atoms with Gasteiger partial charge in [-0.2, -0.15) is 0 Å². The fourth-order valence-electron chi connectivity index (χ4n) is 3.66. The lowest BCUT2D eigenvalue weighted by Crippen LogP contribution is -2.39. The van der Waals surface area contributed by atoms with E-state index in [0.717, 1.165) is 37.9 Å². The number of benzene rings is 2. The van der Waals surface area contributed by atoms with E-state index in [-0.39, 0.29) is 11.7 Å². The van der Waals surface area contributed by atoms with Crippen LogP contribution in [0, 0.1) is 11.7 Å². The zero-order valence-electron chi connectivity index (χ0n) is 16.4. The number of hydrogen-bond donors (Lipinski definition) is 1. The predicted molar refractivity (Wildman–Crippen MR) is 107 cm³/mol. The lowest BCUT2D eigenvalue weighted by Gasteiger charge is -2.31. The number of rotatable bonds is 7. The molecule has 0 saturated carbocycles. The van der Waals surface area contributed by atoms with Crippen LogP contribution in [0.1, 0.15) is 18.4 Å². The molecule has 1 aliphatic heterocycles. The van der Waals surface area contributed by atoms with Gasteiger partial charge in [0.2, 0.25) is 5.91 Å². The van der Waals surface area contributed by atoms with Crippen LogP contribution in [-0.4, -0.2) is 44.7 Å². The van der Waals surface area contributed by atoms with Gasteiger partial charge in [-0.15, -0.1) is 0 Å². The van der Waals surface area contributed by atoms with E-state index in [1.54, 1.807) is 44.6 Å². The Kier molecular flexibility index (Phi) is 6.87. The molecule has 0 bridgehead atoms. The summed E-state index contributed by atoms with van der Waals surface area (Å²) in [6.07, 6.45) is 2.92. The third-order valence-electron chi connectivity index (χ3n) is 5.16. The van der Waals surface area contributed by atoms with Crippen LogP contribution in [0.25, 0.3) is 0 Å². The molecule has 1 heterocycles. The highest BCUT2D eigenvalue weighted by Gasteiger charge is 2.21. The first-order chi connectivity index (χ1) is 13.6. The minimum Gasteiger partial charge on any atom is -0.493 e. The van der Waals surface area contributed by atoms with Crippen molar-refractivity contribution in [3.8, 4) is 11.5 Å². The van der Waals surface area contributed by atoms with E-state index >= 15 is 0 Å². The molecule has 2 aromatic rings. The quantitative estimate of drug-likeness (QED) is 0.788. The van der Waals surface area contributed by atoms with Gasteiger partial charge in [0.05, 0.1) is 20.8 Å². The summed E-state index contributed by atoms with van der Waals surface area (Å²) in [6.45, 7) is 2.11. The number of nitrogens with one attached hydrogen (secondary N) is 1. The number of carbonyl (C=O) groups is 1. The molecule has 1 saturated heterocycles. The summed E-state index contributed by atoms with van der Waals surface area (Å²) in [6, 6.07) is 12.1. The molecule has 1 fully saturated rings. The number of hydrogen-bond acceptors (Lipinski definition) is 4. The van der Waals surface area contributed by atoms with Crippen molar-refractivity contribution in [2.75, 3.05) is 39.2 Å². The molecular formula is C22H27FN2O3. The van der Waals surface area contributed by atoms with Gasteiger partial charge in [0.25, 0.3) is 0 Å². The van der Waals surface area contributed by atoms with Crippen molar-refractivity contribution in [3.05, 3.63) is 53.8 Å². The third-order valence-corrected chi connectivity index (χ3v) is 5.16. The topological polar surface area (TPSA) is 50.8 Å². The Bertz CT molecular complexity index is 804. The van der Waals surface area contributed by atoms with Gasteiger partial charge < -0.3 is 14.8 Å². The summed E-state index contributed by atoms with van der Waals surface area (Å²) in [4.78, 5) is 14.5. The van der Waals surface area contributed by atoms with Crippen LogP contribution in [-0.2, 0) is 11.2 Å². The van der Waals surface area contributed by atoms with Crippen molar-refractivity contribution >= 4 is 11.6 Å². The highest BCUT2D eigenvalue weighted by atomic mass is 19.1. The van der Waals surface area contributed by atoms with Gasteiger partial charge in [-0.1, -0.05) is 12.1 Å². The lowest BCUT2D eigenvalue weighted by atomic mass is 9.90. The molecule has 3 rings (SSSR count). The molecule has 2 aromatic carbocycles. The fraction of sp³-hybridized carbons (Fsp3) is 0.409. The van der Waals surface area contributed by atoms with Gasteiger partial charge in [-0.25, -0.2) is 4.39 Å². The van der Waals surface area contributed by atoms with Crippen molar-refractivity contribution in [1.29, 1.82) is 0 Å². The zero-order chi connectivity index (χ0) is 19.9. The molecular weight excluding hydrogens is 359 g/mol. The number of anilines is 1. The SMILES string of the molecule is COc1ccc(NC(=O)CN2CCC(Cc3cccc(F)c3)CC2)cc1OC. The van der Waals surface area contributed by atoms with Gasteiger partial charge in [0.15, 0.2) is 11.5 Å². The number of piperidine rings is 1. The van der Waals surface area contributed by atoms with Crippen LogP contribution in [0.3, 0.4) is 0 Å². The number of nitrogens with zero attached hydrogens (tertiary/aromatic N) is 1. The van der Waals surface area contributed by atoms with Gasteiger partial charge in [0, 0.05) is 11.8 Å². The summed E-state index contributed by atoms with van der Waals surface area (Å²) in [5, 5.41) is 2.91. The van der Waals surface area contributed by atoms with Gasteiger partial charge in [-0.3, -0.25) is 9.69 Å². The first-order valence-electron chi connectivity index (χ1n) is 9.56. The van der Waals surface area contributed by atoms with Crippen LogP contribution in [0.2, 0.25) is 0 Å². The maximum absolute atomic E-state index is 13.3. The Balaban J connectivity index is 1.46. The summed E-state index contributed by atoms with van der Waals surface area (Å²) >= 11 is 0. The Morgan fingerprint density at radius 2 is 1.86 bits per heavy atom. The monoisotopic (exact) mass is 386 g/mol. The minimum atomic E-state index is -0.179. The van der Waals surface area contributed by atoms with Crippen LogP contribution >= 0.6 is 0 Å². The standard InChI is InChI=1S/C22H27FN2O3/c1-27-20-7-6-19(14-21(20)28-2)24-22(26)15-25-10-8-16(9-11-25)12-17-4-3-5-18(23)13-17/h3-7,13-14,16H,8-12,15H2,1-2H3,(H,24,26). The van der Waals surface area contributed by atoms with Crippen LogP contribution < -0.4 is 14.8 Å². The molecule has 1 aliphatic rings. The number of halogens is 1. The van der Waals surface area contributed by atoms with Gasteiger partial charge in [0.1, 0.15) is 5.82 Å². The molecule has 28 heavy (non-hydrogen) atoms. The van der Waals surface area contributed by atoms with E-state index < -0.39 is 0 Å². The average molecular weight is 386 g/mol. The molecule has 0 unspecified atom stereocenters. The van der Waals surface area contributed by atoms with Gasteiger partial charge >= 0.3 is 0 Å². The predicted octanol–water partition coefficient (Wildman–Crippen LogP) is 3.74. The summed E-state index contributed by atoms with van der Waals surface area (Å²) in [7, 11) is 3.14. The van der Waals surface area contributed by atoms with Gasteiger partial charge in [-0.05, 0) is 68.1 Å². The fourth-order valence-corrected chi connectivity index (χ4v) is 3.66. The zero-order valence-corrected chi connectivity index (χ0v) is 16.4. The number of methoxy groups -OCH3 is 2. The van der Waals surface area contributed by atoms with E-state index in [1.165, 1.54) is 6.07 Å².